The topological polar surface area (TPSA) is 92.9 Å². The van der Waals surface area contributed by atoms with E-state index in [4.69, 9.17) is 5.11 Å². The first kappa shape index (κ1) is 11.1. The van der Waals surface area contributed by atoms with Crippen LogP contribution in [0.25, 0.3) is 0 Å². The molecule has 2 rings (SSSR count). The highest BCUT2D eigenvalue weighted by Gasteiger charge is 2.07. The van der Waals surface area contributed by atoms with E-state index >= 15 is 0 Å². The maximum absolute atomic E-state index is 10.6. The van der Waals surface area contributed by atoms with E-state index in [0.717, 1.165) is 11.4 Å². The number of aromatic carboxylic acids is 1. The van der Waals surface area contributed by atoms with E-state index in [-0.39, 0.29) is 5.69 Å². The number of carboxylic acids is 1. The largest absolute Gasteiger partial charge is 0.476 e. The van der Waals surface area contributed by atoms with Gasteiger partial charge >= 0.3 is 5.97 Å². The lowest BCUT2D eigenvalue weighted by molar-refractivity contribution is 0.0690. The zero-order valence-corrected chi connectivity index (χ0v) is 9.38. The molecule has 2 heterocycles. The van der Waals surface area contributed by atoms with Gasteiger partial charge in [0.25, 0.3) is 0 Å². The standard InChI is InChI=1S/C10H11N5O2/c1-6-8(5-15(2)14-6)13-9-4-11-7(3-12-9)10(16)17/h3-5H,1-2H3,(H,12,13)(H,16,17). The minimum Gasteiger partial charge on any atom is -0.476 e. The normalized spacial score (nSPS) is 10.2. The second-order valence-electron chi connectivity index (χ2n) is 3.52. The molecule has 0 aliphatic rings. The van der Waals surface area contributed by atoms with Crippen LogP contribution in [0.5, 0.6) is 0 Å². The van der Waals surface area contributed by atoms with E-state index in [1.54, 1.807) is 4.68 Å². The van der Waals surface area contributed by atoms with Crippen molar-refractivity contribution >= 4 is 17.5 Å². The third-order valence-corrected chi connectivity index (χ3v) is 2.15. The van der Waals surface area contributed by atoms with Gasteiger partial charge in [0.2, 0.25) is 0 Å². The third-order valence-electron chi connectivity index (χ3n) is 2.15. The van der Waals surface area contributed by atoms with E-state index < -0.39 is 5.97 Å². The van der Waals surface area contributed by atoms with Crippen molar-refractivity contribution in [1.82, 2.24) is 19.7 Å². The average Bonchev–Trinajstić information content (AvgIpc) is 2.58. The number of rotatable bonds is 3. The fourth-order valence-corrected chi connectivity index (χ4v) is 1.36. The molecule has 0 radical (unpaired) electrons. The summed E-state index contributed by atoms with van der Waals surface area (Å²) in [6, 6.07) is 0. The van der Waals surface area contributed by atoms with Crippen molar-refractivity contribution in [3.8, 4) is 0 Å². The van der Waals surface area contributed by atoms with Crippen molar-refractivity contribution in [2.75, 3.05) is 5.32 Å². The summed E-state index contributed by atoms with van der Waals surface area (Å²) in [5, 5.41) is 15.9. The summed E-state index contributed by atoms with van der Waals surface area (Å²) in [6.45, 7) is 1.86. The first-order valence-electron chi connectivity index (χ1n) is 4.89. The Hall–Kier alpha value is -2.44. The highest BCUT2D eigenvalue weighted by molar-refractivity contribution is 5.85. The SMILES string of the molecule is Cc1nn(C)cc1Nc1cnc(C(=O)O)cn1. The molecule has 2 aromatic rings. The number of aryl methyl sites for hydroxylation is 2. The van der Waals surface area contributed by atoms with Crippen LogP contribution in [0.3, 0.4) is 0 Å². The summed E-state index contributed by atoms with van der Waals surface area (Å²) in [4.78, 5) is 18.3. The first-order chi connectivity index (χ1) is 8.06. The van der Waals surface area contributed by atoms with Crippen molar-refractivity contribution < 1.29 is 9.90 Å². The Balaban J connectivity index is 2.19. The van der Waals surface area contributed by atoms with Crippen LogP contribution >= 0.6 is 0 Å². The molecule has 0 unspecified atom stereocenters. The summed E-state index contributed by atoms with van der Waals surface area (Å²) >= 11 is 0. The van der Waals surface area contributed by atoms with Gasteiger partial charge in [-0.25, -0.2) is 14.8 Å². The Morgan fingerprint density at radius 1 is 1.41 bits per heavy atom. The van der Waals surface area contributed by atoms with Gasteiger partial charge in [-0.2, -0.15) is 5.10 Å². The molecule has 88 valence electrons. The molecular weight excluding hydrogens is 222 g/mol. The van der Waals surface area contributed by atoms with Crippen LogP contribution in [-0.2, 0) is 7.05 Å². The minimum atomic E-state index is -1.10. The fourth-order valence-electron chi connectivity index (χ4n) is 1.36. The summed E-state index contributed by atoms with van der Waals surface area (Å²) in [5.74, 6) is -0.618. The van der Waals surface area contributed by atoms with Crippen LogP contribution < -0.4 is 5.32 Å². The molecule has 7 heteroatoms. The predicted molar refractivity (Wildman–Crippen MR) is 60.2 cm³/mol. The second-order valence-corrected chi connectivity index (χ2v) is 3.52. The quantitative estimate of drug-likeness (QED) is 0.820. The lowest BCUT2D eigenvalue weighted by Crippen LogP contribution is -2.02. The van der Waals surface area contributed by atoms with Gasteiger partial charge in [0.1, 0.15) is 5.82 Å². The number of nitrogens with one attached hydrogen (secondary N) is 1. The Morgan fingerprint density at radius 3 is 2.65 bits per heavy atom. The van der Waals surface area contributed by atoms with Crippen LogP contribution in [0.2, 0.25) is 0 Å². The van der Waals surface area contributed by atoms with E-state index in [0.29, 0.717) is 5.82 Å². The van der Waals surface area contributed by atoms with Gasteiger partial charge in [-0.15, -0.1) is 0 Å². The lowest BCUT2D eigenvalue weighted by Gasteiger charge is -2.02. The Morgan fingerprint density at radius 2 is 2.18 bits per heavy atom. The second kappa shape index (κ2) is 4.20. The van der Waals surface area contributed by atoms with Gasteiger partial charge in [-0.3, -0.25) is 4.68 Å². The highest BCUT2D eigenvalue weighted by Crippen LogP contribution is 2.16. The molecule has 0 amide bonds. The molecule has 7 nitrogen and oxygen atoms in total. The summed E-state index contributed by atoms with van der Waals surface area (Å²) in [6.07, 6.45) is 4.38. The van der Waals surface area contributed by atoms with Gasteiger partial charge in [0.15, 0.2) is 5.69 Å². The zero-order valence-electron chi connectivity index (χ0n) is 9.38. The molecule has 2 aromatic heterocycles. The molecule has 0 spiro atoms. The van der Waals surface area contributed by atoms with Crippen molar-refractivity contribution in [2.24, 2.45) is 7.05 Å². The summed E-state index contributed by atoms with van der Waals surface area (Å²) in [5.41, 5.74) is 1.56. The average molecular weight is 233 g/mol. The van der Waals surface area contributed by atoms with Crippen LogP contribution in [0, 0.1) is 6.92 Å². The smallest absolute Gasteiger partial charge is 0.356 e. The molecule has 2 N–H and O–H groups in total. The molecule has 0 aliphatic heterocycles. The molecular formula is C10H11N5O2. The van der Waals surface area contributed by atoms with Crippen molar-refractivity contribution in [3.05, 3.63) is 30.0 Å². The van der Waals surface area contributed by atoms with Crippen LogP contribution in [0.1, 0.15) is 16.2 Å². The van der Waals surface area contributed by atoms with E-state index in [1.165, 1.54) is 12.4 Å². The minimum absolute atomic E-state index is 0.0848. The molecule has 0 saturated carbocycles. The summed E-state index contributed by atoms with van der Waals surface area (Å²) in [7, 11) is 1.82. The van der Waals surface area contributed by atoms with Crippen molar-refractivity contribution in [1.29, 1.82) is 0 Å². The number of carboxylic acid groups (broad SMARTS) is 1. The Bertz CT molecular complexity index is 546. The molecule has 17 heavy (non-hydrogen) atoms. The monoisotopic (exact) mass is 233 g/mol. The van der Waals surface area contributed by atoms with Crippen molar-refractivity contribution in [2.45, 2.75) is 6.92 Å². The lowest BCUT2D eigenvalue weighted by atomic mass is 10.4. The molecule has 0 saturated heterocycles. The number of hydrogen-bond donors (Lipinski definition) is 2. The van der Waals surface area contributed by atoms with Gasteiger partial charge in [0, 0.05) is 13.2 Å². The van der Waals surface area contributed by atoms with Crippen LogP contribution in [-0.4, -0.2) is 30.8 Å². The van der Waals surface area contributed by atoms with Gasteiger partial charge in [-0.05, 0) is 6.92 Å². The maximum Gasteiger partial charge on any atom is 0.356 e. The zero-order chi connectivity index (χ0) is 12.4. The summed E-state index contributed by atoms with van der Waals surface area (Å²) < 4.78 is 1.68. The van der Waals surface area contributed by atoms with Gasteiger partial charge < -0.3 is 10.4 Å². The molecule has 0 aromatic carbocycles. The number of anilines is 2. The maximum atomic E-state index is 10.6. The van der Waals surface area contributed by atoms with E-state index in [1.807, 2.05) is 20.2 Å². The Labute approximate surface area is 97.1 Å². The number of aromatic nitrogens is 4. The van der Waals surface area contributed by atoms with Crippen LogP contribution in [0.4, 0.5) is 11.5 Å². The number of carbonyl (C=O) groups is 1. The number of nitrogens with zero attached hydrogens (tertiary/aromatic N) is 4. The number of hydrogen-bond acceptors (Lipinski definition) is 5. The van der Waals surface area contributed by atoms with Crippen LogP contribution in [0.15, 0.2) is 18.6 Å². The predicted octanol–water partition coefficient (Wildman–Crippen LogP) is 0.960. The Kier molecular flexibility index (Phi) is 2.73. The molecule has 0 fully saturated rings. The highest BCUT2D eigenvalue weighted by atomic mass is 16.4. The molecule has 0 bridgehead atoms. The van der Waals surface area contributed by atoms with E-state index in [2.05, 4.69) is 20.4 Å². The third kappa shape index (κ3) is 2.39. The fraction of sp³-hybridized carbons (Fsp3) is 0.200. The first-order valence-corrected chi connectivity index (χ1v) is 4.89. The van der Waals surface area contributed by atoms with Gasteiger partial charge in [0.05, 0.1) is 23.8 Å². The molecule has 0 atom stereocenters. The van der Waals surface area contributed by atoms with Crippen molar-refractivity contribution in [3.63, 3.8) is 0 Å². The van der Waals surface area contributed by atoms with Gasteiger partial charge in [-0.1, -0.05) is 0 Å². The molecule has 0 aliphatic carbocycles. The van der Waals surface area contributed by atoms with E-state index in [9.17, 15) is 4.79 Å².